The molecule has 1 aliphatic rings. The van der Waals surface area contributed by atoms with Crippen molar-refractivity contribution in [2.75, 3.05) is 0 Å². The summed E-state index contributed by atoms with van der Waals surface area (Å²) in [6.45, 7) is 2.03. The van der Waals surface area contributed by atoms with Gasteiger partial charge in [0.2, 0.25) is 0 Å². The highest BCUT2D eigenvalue weighted by atomic mass is 16.4. The zero-order valence-corrected chi connectivity index (χ0v) is 9.07. The first kappa shape index (κ1) is 12.4. The summed E-state index contributed by atoms with van der Waals surface area (Å²) in [7, 11) is 0. The Morgan fingerprint density at radius 1 is 1.27 bits per heavy atom. The fourth-order valence-electron chi connectivity index (χ4n) is 1.91. The normalized spacial score (nSPS) is 30.7. The molecule has 3 atom stereocenters. The zero-order valence-electron chi connectivity index (χ0n) is 9.07. The first-order valence-corrected chi connectivity index (χ1v) is 5.51. The van der Waals surface area contributed by atoms with Crippen LogP contribution in [0.15, 0.2) is 0 Å². The molecule has 0 aliphatic carbocycles. The molecule has 15 heavy (non-hydrogen) atoms. The SMILES string of the molecule is CC1NC(O)NC1CCCCCC(=O)O. The van der Waals surface area contributed by atoms with Gasteiger partial charge >= 0.3 is 5.97 Å². The topological polar surface area (TPSA) is 81.6 Å². The minimum atomic E-state index is -0.723. The van der Waals surface area contributed by atoms with Crippen LogP contribution in [0.3, 0.4) is 0 Å². The van der Waals surface area contributed by atoms with Crippen molar-refractivity contribution in [2.24, 2.45) is 0 Å². The summed E-state index contributed by atoms with van der Waals surface area (Å²) < 4.78 is 0. The van der Waals surface area contributed by atoms with E-state index >= 15 is 0 Å². The molecule has 3 unspecified atom stereocenters. The number of aliphatic hydroxyl groups is 1. The number of aliphatic hydroxyl groups excluding tert-OH is 1. The highest BCUT2D eigenvalue weighted by molar-refractivity contribution is 5.66. The van der Waals surface area contributed by atoms with Crippen LogP contribution < -0.4 is 10.6 Å². The van der Waals surface area contributed by atoms with Crippen molar-refractivity contribution >= 4 is 5.97 Å². The molecule has 1 heterocycles. The highest BCUT2D eigenvalue weighted by Crippen LogP contribution is 2.12. The van der Waals surface area contributed by atoms with Crippen LogP contribution in [0.2, 0.25) is 0 Å². The number of rotatable bonds is 6. The summed E-state index contributed by atoms with van der Waals surface area (Å²) in [4.78, 5) is 10.3. The van der Waals surface area contributed by atoms with Crippen LogP contribution in [0.5, 0.6) is 0 Å². The predicted molar refractivity (Wildman–Crippen MR) is 56.2 cm³/mol. The van der Waals surface area contributed by atoms with Gasteiger partial charge in [0.05, 0.1) is 0 Å². The standard InChI is InChI=1S/C10H20N2O3/c1-7-8(12-10(15)11-7)5-3-2-4-6-9(13)14/h7-8,10-12,15H,2-6H2,1H3,(H,13,14). The van der Waals surface area contributed by atoms with Crippen LogP contribution in [0.25, 0.3) is 0 Å². The second-order valence-corrected chi connectivity index (χ2v) is 4.12. The zero-order chi connectivity index (χ0) is 11.3. The van der Waals surface area contributed by atoms with Crippen LogP contribution in [-0.4, -0.2) is 34.6 Å². The van der Waals surface area contributed by atoms with Crippen LogP contribution in [0, 0.1) is 0 Å². The number of carboxylic acid groups (broad SMARTS) is 1. The van der Waals surface area contributed by atoms with E-state index in [0.717, 1.165) is 25.7 Å². The predicted octanol–water partition coefficient (Wildman–Crippen LogP) is 0.247. The second kappa shape index (κ2) is 6.05. The molecule has 0 bridgehead atoms. The maximum Gasteiger partial charge on any atom is 0.303 e. The monoisotopic (exact) mass is 216 g/mol. The van der Waals surface area contributed by atoms with E-state index in [1.54, 1.807) is 0 Å². The molecule has 1 saturated heterocycles. The number of unbranched alkanes of at least 4 members (excludes halogenated alkanes) is 2. The molecule has 4 N–H and O–H groups in total. The summed E-state index contributed by atoms with van der Waals surface area (Å²) in [6.07, 6.45) is 3.33. The number of carboxylic acids is 1. The largest absolute Gasteiger partial charge is 0.481 e. The Balaban J connectivity index is 2.02. The first-order valence-electron chi connectivity index (χ1n) is 5.51. The summed E-state index contributed by atoms with van der Waals surface area (Å²) in [6, 6.07) is 0.573. The van der Waals surface area contributed by atoms with E-state index in [2.05, 4.69) is 10.6 Å². The third-order valence-corrected chi connectivity index (χ3v) is 2.80. The van der Waals surface area contributed by atoms with Gasteiger partial charge in [-0.15, -0.1) is 0 Å². The average Bonchev–Trinajstić information content (AvgIpc) is 2.44. The Labute approximate surface area is 89.9 Å². The Bertz CT molecular complexity index is 211. The van der Waals surface area contributed by atoms with E-state index in [1.807, 2.05) is 6.92 Å². The van der Waals surface area contributed by atoms with Gasteiger partial charge < -0.3 is 10.2 Å². The molecule has 5 nitrogen and oxygen atoms in total. The lowest BCUT2D eigenvalue weighted by molar-refractivity contribution is -0.137. The van der Waals surface area contributed by atoms with Crippen molar-refractivity contribution in [3.8, 4) is 0 Å². The number of carbonyl (C=O) groups is 1. The molecule has 0 aromatic heterocycles. The summed E-state index contributed by atoms with van der Waals surface area (Å²) in [5, 5.41) is 23.7. The van der Waals surface area contributed by atoms with E-state index in [-0.39, 0.29) is 12.5 Å². The van der Waals surface area contributed by atoms with Gasteiger partial charge in [-0.25, -0.2) is 0 Å². The third kappa shape index (κ3) is 4.59. The number of hydrogen-bond acceptors (Lipinski definition) is 4. The molecular weight excluding hydrogens is 196 g/mol. The Hall–Kier alpha value is -0.650. The second-order valence-electron chi connectivity index (χ2n) is 4.12. The van der Waals surface area contributed by atoms with E-state index in [1.165, 1.54) is 0 Å². The van der Waals surface area contributed by atoms with Crippen molar-refractivity contribution in [3.05, 3.63) is 0 Å². The lowest BCUT2D eigenvalue weighted by Gasteiger charge is -2.13. The highest BCUT2D eigenvalue weighted by Gasteiger charge is 2.27. The van der Waals surface area contributed by atoms with Gasteiger partial charge in [0.15, 0.2) is 6.35 Å². The van der Waals surface area contributed by atoms with Crippen molar-refractivity contribution < 1.29 is 15.0 Å². The summed E-state index contributed by atoms with van der Waals surface area (Å²) in [5.74, 6) is -0.723. The van der Waals surface area contributed by atoms with Crippen molar-refractivity contribution in [3.63, 3.8) is 0 Å². The van der Waals surface area contributed by atoms with Crippen molar-refractivity contribution in [2.45, 2.75) is 57.5 Å². The number of aliphatic carboxylic acids is 1. The van der Waals surface area contributed by atoms with Crippen LogP contribution in [0.1, 0.15) is 39.0 Å². The molecule has 0 amide bonds. The number of hydrogen-bond donors (Lipinski definition) is 4. The molecule has 0 aromatic carbocycles. The quantitative estimate of drug-likeness (QED) is 0.478. The maximum atomic E-state index is 10.3. The maximum absolute atomic E-state index is 10.3. The first-order chi connectivity index (χ1) is 7.09. The van der Waals surface area contributed by atoms with Gasteiger partial charge in [-0.2, -0.15) is 0 Å². The fraction of sp³-hybridized carbons (Fsp3) is 0.900. The Morgan fingerprint density at radius 2 is 2.00 bits per heavy atom. The minimum Gasteiger partial charge on any atom is -0.481 e. The molecule has 1 aliphatic heterocycles. The number of nitrogens with one attached hydrogen (secondary N) is 2. The van der Waals surface area contributed by atoms with Crippen molar-refractivity contribution in [1.82, 2.24) is 10.6 Å². The van der Waals surface area contributed by atoms with Gasteiger partial charge in [0.25, 0.3) is 0 Å². The molecule has 1 fully saturated rings. The van der Waals surface area contributed by atoms with Gasteiger partial charge in [-0.3, -0.25) is 15.4 Å². The van der Waals surface area contributed by atoms with Gasteiger partial charge in [-0.05, 0) is 19.8 Å². The summed E-state index contributed by atoms with van der Waals surface area (Å²) >= 11 is 0. The van der Waals surface area contributed by atoms with E-state index < -0.39 is 12.3 Å². The lowest BCUT2D eigenvalue weighted by atomic mass is 10.0. The van der Waals surface area contributed by atoms with Gasteiger partial charge in [0, 0.05) is 18.5 Å². The van der Waals surface area contributed by atoms with E-state index in [0.29, 0.717) is 6.04 Å². The third-order valence-electron chi connectivity index (χ3n) is 2.80. The molecule has 5 heteroatoms. The van der Waals surface area contributed by atoms with Crippen LogP contribution in [0.4, 0.5) is 0 Å². The fourth-order valence-corrected chi connectivity index (χ4v) is 1.91. The van der Waals surface area contributed by atoms with Gasteiger partial charge in [-0.1, -0.05) is 12.8 Å². The molecule has 0 spiro atoms. The van der Waals surface area contributed by atoms with E-state index in [9.17, 15) is 9.90 Å². The van der Waals surface area contributed by atoms with Gasteiger partial charge in [0.1, 0.15) is 0 Å². The molecule has 0 radical (unpaired) electrons. The smallest absolute Gasteiger partial charge is 0.303 e. The molecule has 88 valence electrons. The van der Waals surface area contributed by atoms with Crippen molar-refractivity contribution in [1.29, 1.82) is 0 Å². The van der Waals surface area contributed by atoms with E-state index in [4.69, 9.17) is 5.11 Å². The minimum absolute atomic E-state index is 0.258. The molecular formula is C10H20N2O3. The Morgan fingerprint density at radius 3 is 2.53 bits per heavy atom. The average molecular weight is 216 g/mol. The van der Waals surface area contributed by atoms with Crippen LogP contribution >= 0.6 is 0 Å². The molecule has 0 aromatic rings. The summed E-state index contributed by atoms with van der Waals surface area (Å²) in [5.41, 5.74) is 0. The molecule has 1 rings (SSSR count). The van der Waals surface area contributed by atoms with Crippen LogP contribution in [-0.2, 0) is 4.79 Å². The Kier molecular flexibility index (Phi) is 5.01. The molecule has 0 saturated carbocycles. The lowest BCUT2D eigenvalue weighted by Crippen LogP contribution is -2.32.